The Morgan fingerprint density at radius 2 is 2.11 bits per heavy atom. The number of halogens is 1. The van der Waals surface area contributed by atoms with Crippen molar-refractivity contribution < 1.29 is 13.9 Å². The van der Waals surface area contributed by atoms with Crippen LogP contribution in [0.1, 0.15) is 19.8 Å². The zero-order chi connectivity index (χ0) is 13.9. The maximum Gasteiger partial charge on any atom is 0.253 e. The Morgan fingerprint density at radius 3 is 2.74 bits per heavy atom. The van der Waals surface area contributed by atoms with Gasteiger partial charge in [0.1, 0.15) is 12.4 Å². The van der Waals surface area contributed by atoms with Gasteiger partial charge < -0.3 is 15.4 Å². The van der Waals surface area contributed by atoms with Gasteiger partial charge in [-0.25, -0.2) is 4.39 Å². The quantitative estimate of drug-likeness (QED) is 0.902. The summed E-state index contributed by atoms with van der Waals surface area (Å²) in [6.07, 6.45) is 1.65. The first kappa shape index (κ1) is 14.0. The second kappa shape index (κ2) is 5.67. The molecular weight excluding hydrogens is 247 g/mol. The maximum absolute atomic E-state index is 12.9. The third-order valence-corrected chi connectivity index (χ3v) is 3.39. The smallest absolute Gasteiger partial charge is 0.253 e. The fourth-order valence-electron chi connectivity index (χ4n) is 2.27. The summed E-state index contributed by atoms with van der Waals surface area (Å²) >= 11 is 0. The molecule has 0 radical (unpaired) electrons. The summed E-state index contributed by atoms with van der Waals surface area (Å²) in [4.78, 5) is 13.6. The van der Waals surface area contributed by atoms with E-state index in [1.807, 2.05) is 6.92 Å². The van der Waals surface area contributed by atoms with Crippen LogP contribution in [0.25, 0.3) is 0 Å². The minimum Gasteiger partial charge on any atom is -0.364 e. The van der Waals surface area contributed by atoms with Gasteiger partial charge in [-0.3, -0.25) is 4.79 Å². The fourth-order valence-corrected chi connectivity index (χ4v) is 2.27. The largest absolute Gasteiger partial charge is 0.364 e. The molecule has 104 valence electrons. The number of carbonyl (C=O) groups excluding carboxylic acids is 1. The third-order valence-electron chi connectivity index (χ3n) is 3.39. The molecule has 1 aliphatic rings. The van der Waals surface area contributed by atoms with Crippen molar-refractivity contribution in [3.05, 3.63) is 30.1 Å². The van der Waals surface area contributed by atoms with E-state index in [2.05, 4.69) is 0 Å². The second-order valence-electron chi connectivity index (χ2n) is 5.09. The highest BCUT2D eigenvalue weighted by Crippen LogP contribution is 2.27. The Hall–Kier alpha value is -1.46. The molecule has 0 bridgehead atoms. The van der Waals surface area contributed by atoms with Gasteiger partial charge in [-0.05, 0) is 50.6 Å². The molecule has 1 amide bonds. The first-order chi connectivity index (χ1) is 9.04. The van der Waals surface area contributed by atoms with Gasteiger partial charge in [-0.15, -0.1) is 0 Å². The molecule has 19 heavy (non-hydrogen) atoms. The molecule has 1 saturated heterocycles. The Kier molecular flexibility index (Phi) is 4.17. The minimum atomic E-state index is -0.387. The van der Waals surface area contributed by atoms with E-state index in [1.165, 1.54) is 12.1 Å². The second-order valence-corrected chi connectivity index (χ2v) is 5.09. The molecule has 0 aromatic heterocycles. The summed E-state index contributed by atoms with van der Waals surface area (Å²) in [5, 5.41) is 0. The Bertz CT molecular complexity index is 449. The number of hydrogen-bond acceptors (Lipinski definition) is 3. The number of anilines is 1. The van der Waals surface area contributed by atoms with E-state index in [4.69, 9.17) is 10.5 Å². The number of carbonyl (C=O) groups is 1. The Morgan fingerprint density at radius 1 is 1.42 bits per heavy atom. The zero-order valence-corrected chi connectivity index (χ0v) is 11.1. The van der Waals surface area contributed by atoms with E-state index in [9.17, 15) is 9.18 Å². The molecule has 1 fully saturated rings. The molecule has 1 unspecified atom stereocenters. The molecule has 0 spiro atoms. The number of morpholine rings is 1. The van der Waals surface area contributed by atoms with E-state index in [1.54, 1.807) is 17.0 Å². The number of hydrogen-bond donors (Lipinski definition) is 1. The number of rotatable bonds is 4. The van der Waals surface area contributed by atoms with Crippen molar-refractivity contribution >= 4 is 11.6 Å². The predicted octanol–water partition coefficient (Wildman–Crippen LogP) is 1.69. The Labute approximate surface area is 112 Å². The molecule has 1 aliphatic heterocycles. The molecule has 0 aliphatic carbocycles. The summed E-state index contributed by atoms with van der Waals surface area (Å²) in [5.74, 6) is -0.410. The summed E-state index contributed by atoms with van der Waals surface area (Å²) in [6, 6.07) is 5.94. The van der Waals surface area contributed by atoms with Crippen LogP contribution in [0.4, 0.5) is 10.1 Å². The number of nitrogens with two attached hydrogens (primary N) is 1. The summed E-state index contributed by atoms with van der Waals surface area (Å²) in [6.45, 7) is 3.10. The van der Waals surface area contributed by atoms with Crippen molar-refractivity contribution in [2.24, 2.45) is 5.73 Å². The van der Waals surface area contributed by atoms with Crippen LogP contribution in [0.3, 0.4) is 0 Å². The zero-order valence-electron chi connectivity index (χ0n) is 11.1. The molecule has 5 heteroatoms. The van der Waals surface area contributed by atoms with Crippen LogP contribution >= 0.6 is 0 Å². The number of ether oxygens (including phenoxy) is 1. The summed E-state index contributed by atoms with van der Waals surface area (Å²) in [5.41, 5.74) is 5.83. The number of nitrogens with zero attached hydrogens (tertiary/aromatic N) is 1. The molecular formula is C14H19FN2O2. The molecule has 4 nitrogen and oxygen atoms in total. The average molecular weight is 266 g/mol. The van der Waals surface area contributed by atoms with Crippen molar-refractivity contribution in [2.75, 3.05) is 24.6 Å². The van der Waals surface area contributed by atoms with Gasteiger partial charge in [-0.2, -0.15) is 0 Å². The molecule has 1 atom stereocenters. The van der Waals surface area contributed by atoms with Crippen molar-refractivity contribution in [3.63, 3.8) is 0 Å². The van der Waals surface area contributed by atoms with Gasteiger partial charge in [0.15, 0.2) is 0 Å². The summed E-state index contributed by atoms with van der Waals surface area (Å²) < 4.78 is 18.6. The van der Waals surface area contributed by atoms with Crippen LogP contribution in [0, 0.1) is 5.82 Å². The van der Waals surface area contributed by atoms with Crippen LogP contribution < -0.4 is 10.6 Å². The van der Waals surface area contributed by atoms with Crippen LogP contribution in [0.2, 0.25) is 0 Å². The Balaban J connectivity index is 2.14. The fraction of sp³-hybridized carbons (Fsp3) is 0.500. The van der Waals surface area contributed by atoms with Crippen molar-refractivity contribution in [3.8, 4) is 0 Å². The van der Waals surface area contributed by atoms with E-state index < -0.39 is 0 Å². The van der Waals surface area contributed by atoms with Crippen molar-refractivity contribution in [1.29, 1.82) is 0 Å². The highest BCUT2D eigenvalue weighted by Gasteiger charge is 2.36. The topological polar surface area (TPSA) is 55.6 Å². The van der Waals surface area contributed by atoms with E-state index in [0.717, 1.165) is 12.8 Å². The van der Waals surface area contributed by atoms with Crippen molar-refractivity contribution in [1.82, 2.24) is 0 Å². The first-order valence-corrected chi connectivity index (χ1v) is 6.44. The van der Waals surface area contributed by atoms with Gasteiger partial charge in [0, 0.05) is 5.69 Å². The average Bonchev–Trinajstić information content (AvgIpc) is 2.41. The highest BCUT2D eigenvalue weighted by atomic mass is 19.1. The van der Waals surface area contributed by atoms with Gasteiger partial charge in [0.05, 0.1) is 12.1 Å². The van der Waals surface area contributed by atoms with Crippen LogP contribution in [0.5, 0.6) is 0 Å². The normalized spacial score (nSPS) is 23.7. The van der Waals surface area contributed by atoms with E-state index >= 15 is 0 Å². The van der Waals surface area contributed by atoms with Gasteiger partial charge in [0.25, 0.3) is 5.91 Å². The number of amides is 1. The van der Waals surface area contributed by atoms with Gasteiger partial charge >= 0.3 is 0 Å². The predicted molar refractivity (Wildman–Crippen MR) is 71.4 cm³/mol. The molecule has 2 N–H and O–H groups in total. The number of benzene rings is 1. The lowest BCUT2D eigenvalue weighted by Gasteiger charge is -2.40. The molecule has 0 saturated carbocycles. The molecule has 1 aromatic rings. The summed E-state index contributed by atoms with van der Waals surface area (Å²) in [7, 11) is 0. The maximum atomic E-state index is 12.9. The third kappa shape index (κ3) is 3.30. The molecule has 2 rings (SSSR count). The van der Waals surface area contributed by atoms with Crippen LogP contribution in [-0.4, -0.2) is 31.2 Å². The molecule has 1 heterocycles. The molecule has 1 aromatic carbocycles. The van der Waals surface area contributed by atoms with E-state index in [0.29, 0.717) is 18.8 Å². The lowest BCUT2D eigenvalue weighted by atomic mass is 9.97. The lowest BCUT2D eigenvalue weighted by molar-refractivity contribution is -0.137. The lowest BCUT2D eigenvalue weighted by Crippen LogP contribution is -2.53. The SMILES string of the molecule is CC1(CCCN)CN(c2ccc(F)cc2)C(=O)CO1. The minimum absolute atomic E-state index is 0.0540. The monoisotopic (exact) mass is 266 g/mol. The van der Waals surface area contributed by atoms with Gasteiger partial charge in [-0.1, -0.05) is 0 Å². The van der Waals surface area contributed by atoms with Gasteiger partial charge in [0.2, 0.25) is 0 Å². The van der Waals surface area contributed by atoms with Crippen LogP contribution in [0.15, 0.2) is 24.3 Å². The first-order valence-electron chi connectivity index (χ1n) is 6.44. The van der Waals surface area contributed by atoms with E-state index in [-0.39, 0.29) is 23.9 Å². The van der Waals surface area contributed by atoms with Crippen molar-refractivity contribution in [2.45, 2.75) is 25.4 Å². The standard InChI is InChI=1S/C14H19FN2O2/c1-14(7-2-8-16)10-17(13(18)9-19-14)12-5-3-11(15)4-6-12/h3-6H,2,7-10,16H2,1H3. The highest BCUT2D eigenvalue weighted by molar-refractivity contribution is 5.95. The van der Waals surface area contributed by atoms with Crippen LogP contribution in [-0.2, 0) is 9.53 Å².